The van der Waals surface area contributed by atoms with Crippen LogP contribution in [0, 0.1) is 12.7 Å². The van der Waals surface area contributed by atoms with Gasteiger partial charge in [0.2, 0.25) is 0 Å². The fraction of sp³-hybridized carbons (Fsp3) is 0.0833. The monoisotopic (exact) mass is 421 g/mol. The molecule has 0 radical (unpaired) electrons. The molecule has 1 N–H and O–H groups in total. The first-order chi connectivity index (χ1) is 14.4. The predicted octanol–water partition coefficient (Wildman–Crippen LogP) is 5.41. The molecule has 1 aliphatic heterocycles. The Kier molecular flexibility index (Phi) is 5.14. The molecule has 1 heterocycles. The zero-order chi connectivity index (χ0) is 21.4. The smallest absolute Gasteiger partial charge is 0.300 e. The molecule has 3 aromatic carbocycles. The van der Waals surface area contributed by atoms with Crippen molar-refractivity contribution < 1.29 is 19.1 Å². The van der Waals surface area contributed by atoms with E-state index in [1.165, 1.54) is 29.2 Å². The Morgan fingerprint density at radius 3 is 2.13 bits per heavy atom. The second-order valence-electron chi connectivity index (χ2n) is 7.06. The van der Waals surface area contributed by atoms with Gasteiger partial charge in [0.05, 0.1) is 11.6 Å². The summed E-state index contributed by atoms with van der Waals surface area (Å²) in [5.74, 6) is -2.34. The molecule has 6 heteroatoms. The van der Waals surface area contributed by atoms with Crippen molar-refractivity contribution in [2.24, 2.45) is 0 Å². The van der Waals surface area contributed by atoms with E-state index in [1.54, 1.807) is 36.4 Å². The fourth-order valence-corrected chi connectivity index (χ4v) is 3.65. The van der Waals surface area contributed by atoms with Gasteiger partial charge in [0.15, 0.2) is 0 Å². The molecule has 1 atom stereocenters. The van der Waals surface area contributed by atoms with E-state index in [0.717, 1.165) is 5.56 Å². The van der Waals surface area contributed by atoms with Crippen LogP contribution in [0.5, 0.6) is 0 Å². The van der Waals surface area contributed by atoms with Gasteiger partial charge in [-0.3, -0.25) is 14.5 Å². The van der Waals surface area contributed by atoms with Crippen molar-refractivity contribution in [1.29, 1.82) is 0 Å². The van der Waals surface area contributed by atoms with Crippen LogP contribution in [0.15, 0.2) is 78.4 Å². The molecule has 30 heavy (non-hydrogen) atoms. The normalized spacial score (nSPS) is 18.1. The van der Waals surface area contributed by atoms with Crippen LogP contribution < -0.4 is 4.90 Å². The zero-order valence-corrected chi connectivity index (χ0v) is 16.7. The molecule has 0 aromatic heterocycles. The van der Waals surface area contributed by atoms with Crippen molar-refractivity contribution in [3.05, 3.63) is 106 Å². The van der Waals surface area contributed by atoms with Crippen molar-refractivity contribution in [1.82, 2.24) is 0 Å². The van der Waals surface area contributed by atoms with Crippen LogP contribution in [0.25, 0.3) is 5.76 Å². The number of carbonyl (C=O) groups excluding carboxylic acids is 2. The number of anilines is 1. The van der Waals surface area contributed by atoms with Crippen LogP contribution in [0.1, 0.15) is 22.7 Å². The Morgan fingerprint density at radius 1 is 0.933 bits per heavy atom. The summed E-state index contributed by atoms with van der Waals surface area (Å²) < 4.78 is 13.4. The van der Waals surface area contributed by atoms with E-state index < -0.39 is 23.5 Å². The number of hydrogen-bond donors (Lipinski definition) is 1. The highest BCUT2D eigenvalue weighted by atomic mass is 35.5. The summed E-state index contributed by atoms with van der Waals surface area (Å²) in [6.45, 7) is 1.93. The second kappa shape index (κ2) is 7.76. The molecule has 0 spiro atoms. The number of ketones is 1. The van der Waals surface area contributed by atoms with Crippen molar-refractivity contribution in [2.45, 2.75) is 13.0 Å². The van der Waals surface area contributed by atoms with Gasteiger partial charge >= 0.3 is 0 Å². The average Bonchev–Trinajstić information content (AvgIpc) is 3.00. The zero-order valence-electron chi connectivity index (χ0n) is 16.0. The van der Waals surface area contributed by atoms with Gasteiger partial charge in [0.1, 0.15) is 11.6 Å². The van der Waals surface area contributed by atoms with Gasteiger partial charge in [-0.25, -0.2) is 4.39 Å². The maximum Gasteiger partial charge on any atom is 0.300 e. The van der Waals surface area contributed by atoms with Gasteiger partial charge in [-0.05, 0) is 61.0 Å². The third kappa shape index (κ3) is 3.48. The average molecular weight is 422 g/mol. The number of nitrogens with zero attached hydrogens (tertiary/aromatic N) is 1. The van der Waals surface area contributed by atoms with E-state index in [2.05, 4.69) is 0 Å². The molecule has 0 saturated carbocycles. The van der Waals surface area contributed by atoms with Crippen LogP contribution >= 0.6 is 11.6 Å². The van der Waals surface area contributed by atoms with Gasteiger partial charge in [0, 0.05) is 16.3 Å². The van der Waals surface area contributed by atoms with Crippen molar-refractivity contribution >= 4 is 34.7 Å². The lowest BCUT2D eigenvalue weighted by Gasteiger charge is -2.25. The molecule has 1 aliphatic rings. The predicted molar refractivity (Wildman–Crippen MR) is 114 cm³/mol. The van der Waals surface area contributed by atoms with Gasteiger partial charge in [-0.1, -0.05) is 41.4 Å². The van der Waals surface area contributed by atoms with Crippen LogP contribution in [-0.4, -0.2) is 16.8 Å². The third-order valence-corrected chi connectivity index (χ3v) is 5.31. The Bertz CT molecular complexity index is 1150. The van der Waals surface area contributed by atoms with E-state index in [9.17, 15) is 19.1 Å². The standard InChI is InChI=1S/C24H17ClFNO3/c1-14-2-4-15(5-3-14)21-20(22(28)16-6-8-17(25)9-7-16)23(29)24(30)27(21)19-12-10-18(26)11-13-19/h2-13,21,28H,1H3/t21-/m1/s1. The Labute approximate surface area is 177 Å². The molecular formula is C24H17ClFNO3. The van der Waals surface area contributed by atoms with E-state index in [4.69, 9.17) is 11.6 Å². The molecule has 1 fully saturated rings. The molecule has 3 aromatic rings. The lowest BCUT2D eigenvalue weighted by molar-refractivity contribution is -0.132. The third-order valence-electron chi connectivity index (χ3n) is 5.06. The van der Waals surface area contributed by atoms with Crippen molar-refractivity contribution in [3.8, 4) is 0 Å². The van der Waals surface area contributed by atoms with Gasteiger partial charge in [-0.15, -0.1) is 0 Å². The molecule has 0 unspecified atom stereocenters. The molecule has 0 aliphatic carbocycles. The van der Waals surface area contributed by atoms with E-state index >= 15 is 0 Å². The van der Waals surface area contributed by atoms with Gasteiger partial charge in [-0.2, -0.15) is 0 Å². The number of hydrogen-bond acceptors (Lipinski definition) is 3. The second-order valence-corrected chi connectivity index (χ2v) is 7.50. The van der Waals surface area contributed by atoms with E-state index in [1.807, 2.05) is 19.1 Å². The molecule has 1 amide bonds. The summed E-state index contributed by atoms with van der Waals surface area (Å²) in [4.78, 5) is 27.2. The summed E-state index contributed by atoms with van der Waals surface area (Å²) in [5.41, 5.74) is 2.36. The van der Waals surface area contributed by atoms with E-state index in [0.29, 0.717) is 21.8 Å². The fourth-order valence-electron chi connectivity index (χ4n) is 3.53. The summed E-state index contributed by atoms with van der Waals surface area (Å²) in [7, 11) is 0. The number of rotatable bonds is 3. The number of aliphatic hydroxyl groups is 1. The minimum atomic E-state index is -0.855. The number of amides is 1. The Hall–Kier alpha value is -3.44. The highest BCUT2D eigenvalue weighted by molar-refractivity contribution is 6.51. The van der Waals surface area contributed by atoms with Crippen molar-refractivity contribution in [2.75, 3.05) is 4.90 Å². The lowest BCUT2D eigenvalue weighted by Crippen LogP contribution is -2.29. The van der Waals surface area contributed by atoms with Gasteiger partial charge < -0.3 is 5.11 Å². The Balaban J connectivity index is 1.93. The number of benzene rings is 3. The topological polar surface area (TPSA) is 57.6 Å². The molecule has 1 saturated heterocycles. The first-order valence-electron chi connectivity index (χ1n) is 9.26. The van der Waals surface area contributed by atoms with Gasteiger partial charge in [0.25, 0.3) is 11.7 Å². The van der Waals surface area contributed by atoms with Crippen LogP contribution in [0.4, 0.5) is 10.1 Å². The first kappa shape index (κ1) is 19.9. The number of aliphatic hydroxyl groups excluding tert-OH is 1. The maximum absolute atomic E-state index is 13.4. The van der Waals surface area contributed by atoms with Crippen LogP contribution in [0.2, 0.25) is 5.02 Å². The lowest BCUT2D eigenvalue weighted by atomic mass is 9.94. The van der Waals surface area contributed by atoms with Crippen molar-refractivity contribution in [3.63, 3.8) is 0 Å². The maximum atomic E-state index is 13.4. The minimum absolute atomic E-state index is 0.0319. The number of carbonyl (C=O) groups is 2. The summed E-state index contributed by atoms with van der Waals surface area (Å²) in [6.07, 6.45) is 0. The molecule has 4 nitrogen and oxygen atoms in total. The quantitative estimate of drug-likeness (QED) is 0.349. The highest BCUT2D eigenvalue weighted by Gasteiger charge is 2.46. The molecule has 0 bridgehead atoms. The number of aryl methyl sites for hydroxylation is 1. The first-order valence-corrected chi connectivity index (χ1v) is 9.63. The summed E-state index contributed by atoms with van der Waals surface area (Å²) >= 11 is 5.93. The number of Topliss-reactive ketones (excluding diaryl/α,β-unsaturated/α-hetero) is 1. The van der Waals surface area contributed by atoms with Crippen LogP contribution in [0.3, 0.4) is 0 Å². The molecular weight excluding hydrogens is 405 g/mol. The number of halogens is 2. The Morgan fingerprint density at radius 2 is 1.53 bits per heavy atom. The van der Waals surface area contributed by atoms with Crippen LogP contribution in [-0.2, 0) is 9.59 Å². The van der Waals surface area contributed by atoms with E-state index in [-0.39, 0.29) is 11.3 Å². The largest absolute Gasteiger partial charge is 0.507 e. The molecule has 150 valence electrons. The summed E-state index contributed by atoms with van der Waals surface area (Å²) in [5, 5.41) is 11.5. The molecule has 4 rings (SSSR count). The summed E-state index contributed by atoms with van der Waals surface area (Å²) in [6, 6.07) is 18.1. The SMILES string of the molecule is Cc1ccc([C@@H]2C(=C(O)c3ccc(Cl)cc3)C(=O)C(=O)N2c2ccc(F)cc2)cc1. The highest BCUT2D eigenvalue weighted by Crippen LogP contribution is 2.42. The minimum Gasteiger partial charge on any atom is -0.507 e.